The third-order valence-electron chi connectivity index (χ3n) is 4.41. The first kappa shape index (κ1) is 14.4. The van der Waals surface area contributed by atoms with Crippen LogP contribution in [0.5, 0.6) is 0 Å². The van der Waals surface area contributed by atoms with Crippen LogP contribution in [0.2, 0.25) is 0 Å². The molecule has 0 aromatic carbocycles. The Labute approximate surface area is 115 Å². The Hall–Kier alpha value is -1.06. The van der Waals surface area contributed by atoms with Gasteiger partial charge in [-0.2, -0.15) is 0 Å². The highest BCUT2D eigenvalue weighted by Crippen LogP contribution is 2.52. The highest BCUT2D eigenvalue weighted by molar-refractivity contribution is 5.68. The van der Waals surface area contributed by atoms with E-state index in [0.29, 0.717) is 17.8 Å². The summed E-state index contributed by atoms with van der Waals surface area (Å²) in [6, 6.07) is 0. The lowest BCUT2D eigenvalue weighted by Gasteiger charge is -2.33. The van der Waals surface area contributed by atoms with E-state index in [1.165, 1.54) is 0 Å². The van der Waals surface area contributed by atoms with Crippen molar-refractivity contribution >= 4 is 12.4 Å². The predicted octanol–water partition coefficient (Wildman–Crippen LogP) is 2.71. The zero-order valence-corrected chi connectivity index (χ0v) is 12.4. The van der Waals surface area contributed by atoms with E-state index < -0.39 is 5.60 Å². The molecule has 2 rings (SSSR count). The first-order valence-corrected chi connectivity index (χ1v) is 7.26. The van der Waals surface area contributed by atoms with Crippen LogP contribution in [0.3, 0.4) is 0 Å². The topological polar surface area (TPSA) is 46.6 Å². The van der Waals surface area contributed by atoms with Crippen LogP contribution >= 0.6 is 0 Å². The summed E-state index contributed by atoms with van der Waals surface area (Å²) < 4.78 is 5.38. The Balaban J connectivity index is 1.80. The summed E-state index contributed by atoms with van der Waals surface area (Å²) in [5.74, 6) is 1.95. The number of hydrogen-bond donors (Lipinski definition) is 0. The molecule has 1 saturated carbocycles. The highest BCUT2D eigenvalue weighted by atomic mass is 16.6. The highest BCUT2D eigenvalue weighted by Gasteiger charge is 2.51. The second-order valence-electron chi connectivity index (χ2n) is 6.95. The van der Waals surface area contributed by atoms with Crippen molar-refractivity contribution in [1.82, 2.24) is 4.90 Å². The monoisotopic (exact) mass is 267 g/mol. The summed E-state index contributed by atoms with van der Waals surface area (Å²) in [5.41, 5.74) is -0.429. The molecule has 1 aliphatic carbocycles. The van der Waals surface area contributed by atoms with Gasteiger partial charge in [-0.3, -0.25) is 0 Å². The fourth-order valence-electron chi connectivity index (χ4n) is 3.28. The quantitative estimate of drug-likeness (QED) is 0.723. The molecule has 0 spiro atoms. The molecule has 0 bridgehead atoms. The molecule has 2 aliphatic rings. The number of carbonyl (C=O) groups is 2. The Morgan fingerprint density at radius 1 is 1.26 bits per heavy atom. The van der Waals surface area contributed by atoms with Crippen molar-refractivity contribution in [3.8, 4) is 0 Å². The van der Waals surface area contributed by atoms with Gasteiger partial charge in [0, 0.05) is 19.0 Å². The fourth-order valence-corrected chi connectivity index (χ4v) is 3.28. The average molecular weight is 267 g/mol. The second kappa shape index (κ2) is 5.14. The van der Waals surface area contributed by atoms with Gasteiger partial charge >= 0.3 is 6.09 Å². The van der Waals surface area contributed by atoms with Gasteiger partial charge in [0.15, 0.2) is 0 Å². The van der Waals surface area contributed by atoms with Crippen LogP contribution in [0.4, 0.5) is 4.79 Å². The maximum Gasteiger partial charge on any atom is 0.410 e. The minimum atomic E-state index is -0.429. The normalized spacial score (nSPS) is 32.0. The molecule has 1 saturated heterocycles. The van der Waals surface area contributed by atoms with Crippen LogP contribution in [0, 0.1) is 23.7 Å². The van der Waals surface area contributed by atoms with E-state index in [9.17, 15) is 9.59 Å². The van der Waals surface area contributed by atoms with Crippen molar-refractivity contribution in [3.63, 3.8) is 0 Å². The molecule has 19 heavy (non-hydrogen) atoms. The Morgan fingerprint density at radius 3 is 2.26 bits per heavy atom. The molecule has 1 amide bonds. The van der Waals surface area contributed by atoms with E-state index in [2.05, 4.69) is 6.92 Å². The van der Waals surface area contributed by atoms with Crippen molar-refractivity contribution in [3.05, 3.63) is 0 Å². The average Bonchev–Trinajstić information content (AvgIpc) is 2.98. The molecular formula is C15H25NO3. The fraction of sp³-hybridized carbons (Fsp3) is 0.867. The van der Waals surface area contributed by atoms with Crippen LogP contribution in [-0.4, -0.2) is 36.0 Å². The minimum Gasteiger partial charge on any atom is -0.444 e. The van der Waals surface area contributed by atoms with E-state index in [1.54, 1.807) is 4.90 Å². The number of likely N-dealkylation sites (tertiary alicyclic amines) is 1. The van der Waals surface area contributed by atoms with Gasteiger partial charge in [-0.25, -0.2) is 4.79 Å². The van der Waals surface area contributed by atoms with Gasteiger partial charge in [0.25, 0.3) is 0 Å². The van der Waals surface area contributed by atoms with Gasteiger partial charge in [-0.1, -0.05) is 6.92 Å². The molecule has 4 nitrogen and oxygen atoms in total. The molecule has 0 radical (unpaired) electrons. The van der Waals surface area contributed by atoms with Crippen LogP contribution in [0.1, 0.15) is 40.5 Å². The first-order chi connectivity index (χ1) is 8.83. The molecule has 0 N–H and O–H groups in total. The molecular weight excluding hydrogens is 242 g/mol. The maximum absolute atomic E-state index is 11.9. The van der Waals surface area contributed by atoms with Crippen molar-refractivity contribution < 1.29 is 14.3 Å². The van der Waals surface area contributed by atoms with E-state index >= 15 is 0 Å². The van der Waals surface area contributed by atoms with E-state index in [1.807, 2.05) is 20.8 Å². The van der Waals surface area contributed by atoms with Crippen LogP contribution in [-0.2, 0) is 9.53 Å². The van der Waals surface area contributed by atoms with Gasteiger partial charge in [-0.15, -0.1) is 0 Å². The molecule has 3 atom stereocenters. The third kappa shape index (κ3) is 3.28. The predicted molar refractivity (Wildman–Crippen MR) is 72.7 cm³/mol. The number of nitrogens with zero attached hydrogens (tertiary/aromatic N) is 1. The van der Waals surface area contributed by atoms with Gasteiger partial charge in [0.1, 0.15) is 11.9 Å². The Bertz CT molecular complexity index is 353. The van der Waals surface area contributed by atoms with Crippen LogP contribution in [0.15, 0.2) is 0 Å². The van der Waals surface area contributed by atoms with Gasteiger partial charge < -0.3 is 14.4 Å². The summed E-state index contributed by atoms with van der Waals surface area (Å²) in [6.07, 6.45) is 2.90. The summed E-state index contributed by atoms with van der Waals surface area (Å²) in [7, 11) is 0. The number of piperidine rings is 1. The van der Waals surface area contributed by atoms with E-state index in [0.717, 1.165) is 32.2 Å². The maximum atomic E-state index is 11.9. The molecule has 108 valence electrons. The zero-order chi connectivity index (χ0) is 14.2. The Kier molecular flexibility index (Phi) is 3.88. The van der Waals surface area contributed by atoms with Gasteiger partial charge in [0.05, 0.1) is 0 Å². The molecule has 1 heterocycles. The number of aldehydes is 1. The van der Waals surface area contributed by atoms with Crippen molar-refractivity contribution in [1.29, 1.82) is 0 Å². The van der Waals surface area contributed by atoms with Gasteiger partial charge in [0.2, 0.25) is 0 Å². The minimum absolute atomic E-state index is 0.207. The summed E-state index contributed by atoms with van der Waals surface area (Å²) in [6.45, 7) is 9.33. The van der Waals surface area contributed by atoms with Crippen molar-refractivity contribution in [2.75, 3.05) is 13.1 Å². The lowest BCUT2D eigenvalue weighted by Crippen LogP contribution is -2.42. The number of carbonyl (C=O) groups excluding carboxylic acids is 2. The van der Waals surface area contributed by atoms with Crippen molar-refractivity contribution in [2.45, 2.75) is 46.1 Å². The number of amides is 1. The summed E-state index contributed by atoms with van der Waals surface area (Å²) in [4.78, 5) is 24.6. The largest absolute Gasteiger partial charge is 0.444 e. The standard InChI is InChI=1S/C15H25NO3/c1-10-12(9-17)13(10)11-5-7-16(8-6-11)14(18)19-15(2,3)4/h9-13H,5-8H2,1-4H3/t10-,12+,13+/m1/s1. The van der Waals surface area contributed by atoms with Crippen LogP contribution in [0.25, 0.3) is 0 Å². The molecule has 2 fully saturated rings. The molecule has 0 aromatic heterocycles. The first-order valence-electron chi connectivity index (χ1n) is 7.26. The third-order valence-corrected chi connectivity index (χ3v) is 4.41. The number of ether oxygens (including phenoxy) is 1. The van der Waals surface area contributed by atoms with Crippen molar-refractivity contribution in [2.24, 2.45) is 23.7 Å². The summed E-state index contributed by atoms with van der Waals surface area (Å²) in [5, 5.41) is 0. The SMILES string of the molecule is C[C@@H]1[C@H](C=O)[C@@H]1C1CCN(C(=O)OC(C)(C)C)CC1. The van der Waals surface area contributed by atoms with E-state index in [-0.39, 0.29) is 12.0 Å². The molecule has 0 unspecified atom stereocenters. The van der Waals surface area contributed by atoms with Crippen LogP contribution < -0.4 is 0 Å². The van der Waals surface area contributed by atoms with E-state index in [4.69, 9.17) is 4.74 Å². The van der Waals surface area contributed by atoms with Gasteiger partial charge in [-0.05, 0) is 51.4 Å². The number of hydrogen-bond acceptors (Lipinski definition) is 3. The molecule has 0 aromatic rings. The number of rotatable bonds is 2. The zero-order valence-electron chi connectivity index (χ0n) is 12.4. The second-order valence-corrected chi connectivity index (χ2v) is 6.95. The summed E-state index contributed by atoms with van der Waals surface area (Å²) >= 11 is 0. The lowest BCUT2D eigenvalue weighted by molar-refractivity contribution is -0.109. The molecule has 1 aliphatic heterocycles. The lowest BCUT2D eigenvalue weighted by atomic mass is 9.90. The smallest absolute Gasteiger partial charge is 0.410 e. The molecule has 4 heteroatoms. The Morgan fingerprint density at radius 2 is 1.84 bits per heavy atom.